The van der Waals surface area contributed by atoms with Crippen molar-refractivity contribution >= 4 is 26.7 Å². The highest BCUT2D eigenvalue weighted by atomic mass is 32.2. The van der Waals surface area contributed by atoms with Gasteiger partial charge < -0.3 is 5.11 Å². The van der Waals surface area contributed by atoms with Gasteiger partial charge in [-0.3, -0.25) is 4.79 Å². The van der Waals surface area contributed by atoms with Gasteiger partial charge in [0.25, 0.3) is 0 Å². The molecule has 0 saturated carbocycles. The molecule has 0 aliphatic heterocycles. The maximum Gasteiger partial charge on any atom is 0.249 e. The third-order valence-electron chi connectivity index (χ3n) is 7.43. The molecule has 1 N–H and O–H groups in total. The second kappa shape index (κ2) is 8.75. The molecule has 0 fully saturated rings. The Morgan fingerprint density at radius 1 is 0.971 bits per heavy atom. The molecule has 186 valence electrons. The molecular weight excluding hydrogens is 458 g/mol. The Morgan fingerprint density at radius 3 is 2.17 bits per heavy atom. The molecule has 1 heterocycles. The van der Waals surface area contributed by atoms with Crippen molar-refractivity contribution in [3.05, 3.63) is 83.6 Å². The quantitative estimate of drug-likeness (QED) is 0.563. The Balaban J connectivity index is 2.06. The molecule has 1 aromatic carbocycles. The molecule has 2 aromatic rings. The highest BCUT2D eigenvalue weighted by Crippen LogP contribution is 2.46. The highest BCUT2D eigenvalue weighted by molar-refractivity contribution is 7.91. The van der Waals surface area contributed by atoms with E-state index in [4.69, 9.17) is 0 Å². The summed E-state index contributed by atoms with van der Waals surface area (Å²) in [6.07, 6.45) is 9.79. The molecule has 0 saturated heterocycles. The van der Waals surface area contributed by atoms with Gasteiger partial charge in [0.2, 0.25) is 10.0 Å². The third-order valence-corrected chi connectivity index (χ3v) is 10.00. The van der Waals surface area contributed by atoms with Crippen LogP contribution in [0.3, 0.4) is 0 Å². The van der Waals surface area contributed by atoms with E-state index >= 15 is 0 Å². The van der Waals surface area contributed by atoms with E-state index < -0.39 is 20.4 Å². The topological polar surface area (TPSA) is 76.4 Å². The SMILES string of the molecule is CC(C)C1=CC(C(C)C)(S(=O)(=O)n2c(C3(O)C=CC(=O)C=C3)cc3ccccc32)CC(C(C)C)=C1. The second-order valence-corrected chi connectivity index (χ2v) is 12.8. The average molecular weight is 494 g/mol. The number of fused-ring (bicyclic) bond motifs is 1. The van der Waals surface area contributed by atoms with Gasteiger partial charge in [0.15, 0.2) is 5.78 Å². The first-order valence-corrected chi connectivity index (χ1v) is 13.7. The van der Waals surface area contributed by atoms with Crippen molar-refractivity contribution < 1.29 is 18.3 Å². The minimum atomic E-state index is -4.08. The summed E-state index contributed by atoms with van der Waals surface area (Å²) >= 11 is 0. The van der Waals surface area contributed by atoms with Gasteiger partial charge in [0, 0.05) is 5.39 Å². The minimum absolute atomic E-state index is 0.164. The van der Waals surface area contributed by atoms with Crippen molar-refractivity contribution in [3.63, 3.8) is 0 Å². The number of benzene rings is 1. The first-order valence-electron chi connectivity index (χ1n) is 12.3. The molecule has 2 aliphatic rings. The number of carbonyl (C=O) groups excluding carboxylic acids is 1. The molecule has 5 nitrogen and oxygen atoms in total. The molecule has 35 heavy (non-hydrogen) atoms. The van der Waals surface area contributed by atoms with Gasteiger partial charge in [-0.1, -0.05) is 77.5 Å². The summed E-state index contributed by atoms with van der Waals surface area (Å²) in [7, 11) is -4.08. The Morgan fingerprint density at radius 2 is 1.60 bits per heavy atom. The Labute approximate surface area is 208 Å². The van der Waals surface area contributed by atoms with Crippen LogP contribution >= 0.6 is 0 Å². The summed E-state index contributed by atoms with van der Waals surface area (Å²) in [5.74, 6) is -0.113. The van der Waals surface area contributed by atoms with Crippen LogP contribution in [-0.4, -0.2) is 28.0 Å². The van der Waals surface area contributed by atoms with Gasteiger partial charge in [-0.15, -0.1) is 0 Å². The van der Waals surface area contributed by atoms with E-state index in [9.17, 15) is 18.3 Å². The van der Waals surface area contributed by atoms with Gasteiger partial charge in [-0.2, -0.15) is 0 Å². The van der Waals surface area contributed by atoms with Crippen LogP contribution < -0.4 is 0 Å². The minimum Gasteiger partial charge on any atom is -0.376 e. The summed E-state index contributed by atoms with van der Waals surface area (Å²) in [5.41, 5.74) is 1.10. The van der Waals surface area contributed by atoms with Crippen LogP contribution in [0, 0.1) is 17.8 Å². The van der Waals surface area contributed by atoms with E-state index in [0.717, 1.165) is 11.1 Å². The Hall–Kier alpha value is -2.70. The van der Waals surface area contributed by atoms with Crippen molar-refractivity contribution in [1.29, 1.82) is 0 Å². The molecule has 0 amide bonds. The van der Waals surface area contributed by atoms with Gasteiger partial charge in [0.1, 0.15) is 10.3 Å². The van der Waals surface area contributed by atoms with Crippen LogP contribution in [-0.2, 0) is 20.4 Å². The smallest absolute Gasteiger partial charge is 0.249 e. The lowest BCUT2D eigenvalue weighted by Gasteiger charge is -2.41. The fourth-order valence-corrected chi connectivity index (χ4v) is 7.49. The monoisotopic (exact) mass is 493 g/mol. The maximum absolute atomic E-state index is 14.9. The van der Waals surface area contributed by atoms with E-state index in [1.807, 2.05) is 32.1 Å². The molecule has 1 unspecified atom stereocenters. The van der Waals surface area contributed by atoms with Crippen molar-refractivity contribution in [1.82, 2.24) is 3.97 Å². The van der Waals surface area contributed by atoms with Crippen LogP contribution in [0.5, 0.6) is 0 Å². The number of aliphatic hydroxyl groups is 1. The predicted octanol–water partition coefficient (Wildman–Crippen LogP) is 5.67. The molecule has 2 aliphatic carbocycles. The number of ketones is 1. The van der Waals surface area contributed by atoms with Crippen LogP contribution in [0.15, 0.2) is 77.9 Å². The zero-order valence-corrected chi connectivity index (χ0v) is 22.1. The van der Waals surface area contributed by atoms with Crippen LogP contribution in [0.1, 0.15) is 53.7 Å². The number of carbonyl (C=O) groups is 1. The fraction of sp³-hybridized carbons (Fsp3) is 0.414. The fourth-order valence-electron chi connectivity index (χ4n) is 5.04. The first kappa shape index (κ1) is 25.4. The standard InChI is InChI=1S/C29H35NO4S/c1-19(2)23-15-24(20(3)4)18-29(17-23,21(5)6)35(33,34)30-26-10-8-7-9-22(26)16-27(30)28(32)13-11-25(31)12-14-28/h7-17,19-21,32H,18H2,1-6H3. The number of para-hydroxylation sites is 1. The van der Waals surface area contributed by atoms with Crippen LogP contribution in [0.2, 0.25) is 0 Å². The van der Waals surface area contributed by atoms with Crippen molar-refractivity contribution in [2.24, 2.45) is 17.8 Å². The number of hydrogen-bond acceptors (Lipinski definition) is 4. The lowest BCUT2D eigenvalue weighted by Crippen LogP contribution is -2.48. The maximum atomic E-state index is 14.9. The van der Waals surface area contributed by atoms with E-state index in [1.54, 1.807) is 18.2 Å². The molecule has 4 rings (SSSR count). The third kappa shape index (κ3) is 4.07. The average Bonchev–Trinajstić information content (AvgIpc) is 3.21. The van der Waals surface area contributed by atoms with Gasteiger partial charge in [-0.05, 0) is 66.2 Å². The van der Waals surface area contributed by atoms with Crippen LogP contribution in [0.25, 0.3) is 10.9 Å². The Kier molecular flexibility index (Phi) is 6.35. The van der Waals surface area contributed by atoms with Crippen molar-refractivity contribution in [2.75, 3.05) is 0 Å². The van der Waals surface area contributed by atoms with E-state index in [1.165, 1.54) is 28.3 Å². The number of rotatable bonds is 6. The van der Waals surface area contributed by atoms with Gasteiger partial charge >= 0.3 is 0 Å². The van der Waals surface area contributed by atoms with E-state index in [2.05, 4.69) is 33.8 Å². The molecule has 1 aromatic heterocycles. The molecule has 0 spiro atoms. The molecule has 6 heteroatoms. The second-order valence-electron chi connectivity index (χ2n) is 10.7. The predicted molar refractivity (Wildman–Crippen MR) is 141 cm³/mol. The lowest BCUT2D eigenvalue weighted by molar-refractivity contribution is -0.110. The summed E-state index contributed by atoms with van der Waals surface area (Å²) in [6.45, 7) is 12.3. The Bertz CT molecular complexity index is 1380. The first-order chi connectivity index (χ1) is 16.3. The number of nitrogens with zero attached hydrogens (tertiary/aromatic N) is 1. The molecular formula is C29H35NO4S. The zero-order valence-electron chi connectivity index (χ0n) is 21.3. The summed E-state index contributed by atoms with van der Waals surface area (Å²) in [4.78, 5) is 11.8. The number of allylic oxidation sites excluding steroid dienone is 5. The van der Waals surface area contributed by atoms with Crippen molar-refractivity contribution in [3.8, 4) is 0 Å². The molecule has 0 radical (unpaired) electrons. The van der Waals surface area contributed by atoms with Gasteiger partial charge in [0.05, 0.1) is 11.2 Å². The van der Waals surface area contributed by atoms with E-state index in [0.29, 0.717) is 17.3 Å². The molecule has 0 bridgehead atoms. The lowest BCUT2D eigenvalue weighted by atomic mass is 9.77. The van der Waals surface area contributed by atoms with Crippen molar-refractivity contribution in [2.45, 2.75) is 58.3 Å². The summed E-state index contributed by atoms with van der Waals surface area (Å²) in [6, 6.07) is 8.96. The number of aromatic nitrogens is 1. The normalized spacial score (nSPS) is 22.4. The summed E-state index contributed by atoms with van der Waals surface area (Å²) < 4.78 is 29.9. The van der Waals surface area contributed by atoms with Gasteiger partial charge in [-0.25, -0.2) is 12.4 Å². The number of hydrogen-bond donors (Lipinski definition) is 1. The molecule has 1 atom stereocenters. The largest absolute Gasteiger partial charge is 0.376 e. The zero-order chi connectivity index (χ0) is 25.8. The summed E-state index contributed by atoms with van der Waals surface area (Å²) in [5, 5.41) is 12.3. The van der Waals surface area contributed by atoms with Crippen LogP contribution in [0.4, 0.5) is 0 Å². The highest BCUT2D eigenvalue weighted by Gasteiger charge is 2.50. The van der Waals surface area contributed by atoms with E-state index in [-0.39, 0.29) is 29.2 Å².